The fourth-order valence-corrected chi connectivity index (χ4v) is 2.23. The van der Waals surface area contributed by atoms with Crippen LogP contribution < -0.4 is 5.32 Å². The molecular weight excluding hydrogens is 198 g/mol. The topological polar surface area (TPSA) is 21.3 Å². The van der Waals surface area contributed by atoms with E-state index in [0.29, 0.717) is 18.8 Å². The van der Waals surface area contributed by atoms with Gasteiger partial charge in [-0.05, 0) is 31.4 Å². The minimum atomic E-state index is 0.332. The molecule has 2 nitrogen and oxygen atoms in total. The molecule has 0 aromatic heterocycles. The molecule has 0 amide bonds. The standard InChI is InChI=1S/C14H19NO/c1-2-11-16-14-10-6-9-13(14)15-12-7-4-3-5-8-12/h2-5,7-8,13-15H,1,6,9-11H2/t13-,14+/m0/s1. The van der Waals surface area contributed by atoms with Gasteiger partial charge < -0.3 is 10.1 Å². The summed E-state index contributed by atoms with van der Waals surface area (Å²) >= 11 is 0. The minimum Gasteiger partial charge on any atom is -0.380 e. The molecule has 1 saturated carbocycles. The van der Waals surface area contributed by atoms with Crippen LogP contribution in [0.5, 0.6) is 0 Å². The molecule has 16 heavy (non-hydrogen) atoms. The zero-order valence-corrected chi connectivity index (χ0v) is 9.56. The van der Waals surface area contributed by atoms with Crippen molar-refractivity contribution >= 4 is 5.69 Å². The zero-order chi connectivity index (χ0) is 11.2. The summed E-state index contributed by atoms with van der Waals surface area (Å²) in [6.07, 6.45) is 5.73. The first kappa shape index (κ1) is 11.2. The number of hydrogen-bond acceptors (Lipinski definition) is 2. The summed E-state index contributed by atoms with van der Waals surface area (Å²) in [7, 11) is 0. The minimum absolute atomic E-state index is 0.332. The van der Waals surface area contributed by atoms with Gasteiger partial charge in [-0.25, -0.2) is 0 Å². The van der Waals surface area contributed by atoms with Gasteiger partial charge in [-0.2, -0.15) is 0 Å². The van der Waals surface area contributed by atoms with Crippen LogP contribution in [0.3, 0.4) is 0 Å². The van der Waals surface area contributed by atoms with Crippen LogP contribution in [0.4, 0.5) is 5.69 Å². The van der Waals surface area contributed by atoms with Crippen LogP contribution in [-0.2, 0) is 4.74 Å². The van der Waals surface area contributed by atoms with Gasteiger partial charge in [0.2, 0.25) is 0 Å². The predicted octanol–water partition coefficient (Wildman–Crippen LogP) is 3.22. The van der Waals surface area contributed by atoms with E-state index >= 15 is 0 Å². The highest BCUT2D eigenvalue weighted by Crippen LogP contribution is 2.25. The second kappa shape index (κ2) is 5.71. The predicted molar refractivity (Wildman–Crippen MR) is 67.6 cm³/mol. The van der Waals surface area contributed by atoms with E-state index in [0.717, 1.165) is 6.42 Å². The average molecular weight is 217 g/mol. The number of nitrogens with one attached hydrogen (secondary N) is 1. The fourth-order valence-electron chi connectivity index (χ4n) is 2.23. The number of rotatable bonds is 5. The fraction of sp³-hybridized carbons (Fsp3) is 0.429. The Kier molecular flexibility index (Phi) is 4.00. The van der Waals surface area contributed by atoms with Crippen LogP contribution in [-0.4, -0.2) is 18.8 Å². The number of benzene rings is 1. The lowest BCUT2D eigenvalue weighted by molar-refractivity contribution is 0.0729. The van der Waals surface area contributed by atoms with Crippen LogP contribution >= 0.6 is 0 Å². The maximum atomic E-state index is 5.76. The molecule has 0 bridgehead atoms. The quantitative estimate of drug-likeness (QED) is 0.765. The Bertz CT molecular complexity index is 323. The van der Waals surface area contributed by atoms with Crippen molar-refractivity contribution in [2.24, 2.45) is 0 Å². The van der Waals surface area contributed by atoms with E-state index in [-0.39, 0.29) is 0 Å². The SMILES string of the molecule is C=CCO[C@@H]1CCC[C@@H]1Nc1ccccc1. The molecule has 1 aliphatic rings. The summed E-state index contributed by atoms with van der Waals surface area (Å²) < 4.78 is 5.76. The first-order valence-electron chi connectivity index (χ1n) is 5.94. The third-order valence-corrected chi connectivity index (χ3v) is 3.01. The van der Waals surface area contributed by atoms with Gasteiger partial charge >= 0.3 is 0 Å². The molecule has 0 saturated heterocycles. The maximum Gasteiger partial charge on any atom is 0.0780 e. The molecule has 1 aromatic rings. The van der Waals surface area contributed by atoms with Crippen molar-refractivity contribution in [1.82, 2.24) is 0 Å². The van der Waals surface area contributed by atoms with E-state index in [4.69, 9.17) is 4.74 Å². The molecule has 0 spiro atoms. The summed E-state index contributed by atoms with van der Waals surface area (Å²) in [6.45, 7) is 4.34. The molecule has 1 aromatic carbocycles. The van der Waals surface area contributed by atoms with Gasteiger partial charge in [0, 0.05) is 5.69 Å². The molecule has 1 N–H and O–H groups in total. The molecular formula is C14H19NO. The normalized spacial score (nSPS) is 24.2. The highest BCUT2D eigenvalue weighted by atomic mass is 16.5. The largest absolute Gasteiger partial charge is 0.380 e. The molecule has 0 aliphatic heterocycles. The van der Waals surface area contributed by atoms with Gasteiger partial charge in [-0.1, -0.05) is 24.3 Å². The van der Waals surface area contributed by atoms with Crippen LogP contribution in [0.1, 0.15) is 19.3 Å². The molecule has 2 heteroatoms. The summed E-state index contributed by atoms with van der Waals surface area (Å²) in [5.74, 6) is 0. The van der Waals surface area contributed by atoms with Crippen molar-refractivity contribution in [3.63, 3.8) is 0 Å². The van der Waals surface area contributed by atoms with Gasteiger partial charge in [0.05, 0.1) is 18.8 Å². The second-order valence-electron chi connectivity index (χ2n) is 4.21. The van der Waals surface area contributed by atoms with Gasteiger partial charge in [-0.15, -0.1) is 6.58 Å². The summed E-state index contributed by atoms with van der Waals surface area (Å²) in [5, 5.41) is 3.54. The van der Waals surface area contributed by atoms with Crippen molar-refractivity contribution in [1.29, 1.82) is 0 Å². The maximum absolute atomic E-state index is 5.76. The lowest BCUT2D eigenvalue weighted by Gasteiger charge is -2.21. The Morgan fingerprint density at radius 1 is 1.31 bits per heavy atom. The first-order valence-corrected chi connectivity index (χ1v) is 5.94. The molecule has 86 valence electrons. The number of hydrogen-bond donors (Lipinski definition) is 1. The molecule has 1 aliphatic carbocycles. The molecule has 2 atom stereocenters. The smallest absolute Gasteiger partial charge is 0.0780 e. The lowest BCUT2D eigenvalue weighted by atomic mass is 10.2. The highest BCUT2D eigenvalue weighted by Gasteiger charge is 2.27. The van der Waals surface area contributed by atoms with Gasteiger partial charge in [0.1, 0.15) is 0 Å². The van der Waals surface area contributed by atoms with Crippen molar-refractivity contribution in [3.8, 4) is 0 Å². The molecule has 0 heterocycles. The Morgan fingerprint density at radius 3 is 2.88 bits per heavy atom. The van der Waals surface area contributed by atoms with Crippen molar-refractivity contribution in [2.75, 3.05) is 11.9 Å². The van der Waals surface area contributed by atoms with E-state index in [1.807, 2.05) is 12.1 Å². The van der Waals surface area contributed by atoms with Crippen molar-refractivity contribution in [3.05, 3.63) is 43.0 Å². The Hall–Kier alpha value is -1.28. The Balaban J connectivity index is 1.90. The second-order valence-corrected chi connectivity index (χ2v) is 4.21. The van der Waals surface area contributed by atoms with Crippen LogP contribution in [0, 0.1) is 0 Å². The van der Waals surface area contributed by atoms with E-state index in [1.165, 1.54) is 18.5 Å². The highest BCUT2D eigenvalue weighted by molar-refractivity contribution is 5.43. The summed E-state index contributed by atoms with van der Waals surface area (Å²) in [5.41, 5.74) is 1.18. The van der Waals surface area contributed by atoms with E-state index in [2.05, 4.69) is 36.2 Å². The third-order valence-electron chi connectivity index (χ3n) is 3.01. The van der Waals surface area contributed by atoms with Gasteiger partial charge in [0.25, 0.3) is 0 Å². The lowest BCUT2D eigenvalue weighted by Crippen LogP contribution is -2.30. The molecule has 0 unspecified atom stereocenters. The summed E-state index contributed by atoms with van der Waals surface area (Å²) in [6, 6.07) is 10.8. The first-order chi connectivity index (χ1) is 7.90. The van der Waals surface area contributed by atoms with Crippen molar-refractivity contribution in [2.45, 2.75) is 31.4 Å². The number of ether oxygens (including phenoxy) is 1. The molecule has 0 radical (unpaired) electrons. The molecule has 1 fully saturated rings. The van der Waals surface area contributed by atoms with Gasteiger partial charge in [0.15, 0.2) is 0 Å². The monoisotopic (exact) mass is 217 g/mol. The van der Waals surface area contributed by atoms with Crippen LogP contribution in [0.2, 0.25) is 0 Å². The van der Waals surface area contributed by atoms with E-state index in [1.54, 1.807) is 0 Å². The Labute approximate surface area is 97.3 Å². The third kappa shape index (κ3) is 2.86. The number of anilines is 1. The zero-order valence-electron chi connectivity index (χ0n) is 9.56. The number of para-hydroxylation sites is 1. The average Bonchev–Trinajstić information content (AvgIpc) is 2.75. The van der Waals surface area contributed by atoms with Crippen LogP contribution in [0.25, 0.3) is 0 Å². The van der Waals surface area contributed by atoms with E-state index in [9.17, 15) is 0 Å². The molecule has 2 rings (SSSR count). The van der Waals surface area contributed by atoms with E-state index < -0.39 is 0 Å². The Morgan fingerprint density at radius 2 is 2.12 bits per heavy atom. The van der Waals surface area contributed by atoms with Crippen molar-refractivity contribution < 1.29 is 4.74 Å². The van der Waals surface area contributed by atoms with Gasteiger partial charge in [-0.3, -0.25) is 0 Å². The van der Waals surface area contributed by atoms with Crippen LogP contribution in [0.15, 0.2) is 43.0 Å². The summed E-state index contributed by atoms with van der Waals surface area (Å²) in [4.78, 5) is 0.